The maximum absolute atomic E-state index is 11.4. The highest BCUT2D eigenvalue weighted by Crippen LogP contribution is 2.33. The third-order valence-electron chi connectivity index (χ3n) is 5.38. The number of amides is 1. The quantitative estimate of drug-likeness (QED) is 0.433. The number of unbranched alkanes of at least 4 members (excludes halogenated alkanes) is 2. The Bertz CT molecular complexity index is 350. The summed E-state index contributed by atoms with van der Waals surface area (Å²) >= 11 is 0. The molecule has 3 heteroatoms. The molecule has 0 bridgehead atoms. The Morgan fingerprint density at radius 3 is 1.66 bits per heavy atom. The summed E-state index contributed by atoms with van der Waals surface area (Å²) in [6.07, 6.45) is 10.1. The number of nitrogens with zero attached hydrogens (tertiary/aromatic N) is 1. The fourth-order valence-electron chi connectivity index (χ4n) is 2.66. The van der Waals surface area contributed by atoms with Crippen LogP contribution in [0.15, 0.2) is 0 Å². The Balaban J connectivity index is -0.000000369. The standard InChI is InChI=1S/C11H24.C9H17NO2.C4H10.C2H6/c1-6-8-9-11(4,5)10(3)7-2;1-9(2,3)12-8(11)10-6-4-5-7-10;1-3-4-2;1-2/h10H,6-9H2,1-5H3;4-7H2,1-3H3;3-4H2,1-2H3;1-2H3. The molecule has 1 fully saturated rings. The van der Waals surface area contributed by atoms with Gasteiger partial charge in [-0.15, -0.1) is 0 Å². The van der Waals surface area contributed by atoms with Gasteiger partial charge in [-0.05, 0) is 51.4 Å². The van der Waals surface area contributed by atoms with Crippen LogP contribution in [0, 0.1) is 11.3 Å². The first-order valence-electron chi connectivity index (χ1n) is 12.4. The van der Waals surface area contributed by atoms with Crippen LogP contribution >= 0.6 is 0 Å². The number of rotatable bonds is 6. The molecule has 1 heterocycles. The Morgan fingerprint density at radius 1 is 0.897 bits per heavy atom. The van der Waals surface area contributed by atoms with E-state index in [9.17, 15) is 4.79 Å². The van der Waals surface area contributed by atoms with Crippen LogP contribution in [0.25, 0.3) is 0 Å². The van der Waals surface area contributed by atoms with Crippen LogP contribution in [0.5, 0.6) is 0 Å². The molecule has 3 nitrogen and oxygen atoms in total. The Morgan fingerprint density at radius 2 is 1.34 bits per heavy atom. The second-order valence-electron chi connectivity index (χ2n) is 9.58. The number of hydrogen-bond acceptors (Lipinski definition) is 2. The van der Waals surface area contributed by atoms with E-state index in [2.05, 4.69) is 48.5 Å². The van der Waals surface area contributed by atoms with E-state index < -0.39 is 0 Å². The number of likely N-dealkylation sites (tertiary alicyclic amines) is 1. The lowest BCUT2D eigenvalue weighted by atomic mass is 9.75. The molecule has 1 aliphatic rings. The zero-order valence-electron chi connectivity index (χ0n) is 22.4. The molecule has 0 aromatic heterocycles. The van der Waals surface area contributed by atoms with Crippen molar-refractivity contribution in [2.45, 2.75) is 140 Å². The molecule has 0 radical (unpaired) electrons. The van der Waals surface area contributed by atoms with Crippen molar-refractivity contribution in [1.82, 2.24) is 4.90 Å². The van der Waals surface area contributed by atoms with E-state index in [-0.39, 0.29) is 11.7 Å². The Hall–Kier alpha value is -0.730. The van der Waals surface area contributed by atoms with Gasteiger partial charge in [0.2, 0.25) is 0 Å². The Labute approximate surface area is 185 Å². The van der Waals surface area contributed by atoms with E-state index in [4.69, 9.17) is 4.74 Å². The second kappa shape index (κ2) is 19.2. The maximum atomic E-state index is 11.4. The predicted molar refractivity (Wildman–Crippen MR) is 132 cm³/mol. The molecule has 0 saturated carbocycles. The molecule has 178 valence electrons. The summed E-state index contributed by atoms with van der Waals surface area (Å²) in [5.74, 6) is 0.869. The predicted octanol–water partition coefficient (Wildman–Crippen LogP) is 9.10. The highest BCUT2D eigenvalue weighted by molar-refractivity contribution is 5.68. The SMILES string of the molecule is CC.CC(C)(C)OC(=O)N1CCCC1.CCCC.CCCCC(C)(C)C(C)CC. The summed E-state index contributed by atoms with van der Waals surface area (Å²) in [4.78, 5) is 13.1. The lowest BCUT2D eigenvalue weighted by Gasteiger charge is -2.31. The summed E-state index contributed by atoms with van der Waals surface area (Å²) in [6.45, 7) is 27.5. The van der Waals surface area contributed by atoms with Gasteiger partial charge in [-0.1, -0.05) is 94.4 Å². The van der Waals surface area contributed by atoms with E-state index >= 15 is 0 Å². The normalized spacial score (nSPS) is 14.4. The van der Waals surface area contributed by atoms with E-state index in [1.165, 1.54) is 38.5 Å². The molecule has 0 spiro atoms. The van der Waals surface area contributed by atoms with Crippen molar-refractivity contribution in [3.05, 3.63) is 0 Å². The van der Waals surface area contributed by atoms with Crippen molar-refractivity contribution in [1.29, 1.82) is 0 Å². The molecule has 1 amide bonds. The van der Waals surface area contributed by atoms with Gasteiger partial charge >= 0.3 is 6.09 Å². The minimum atomic E-state index is -0.361. The average molecular weight is 416 g/mol. The summed E-state index contributed by atoms with van der Waals surface area (Å²) in [5, 5.41) is 0. The molecule has 29 heavy (non-hydrogen) atoms. The first-order valence-corrected chi connectivity index (χ1v) is 12.4. The largest absolute Gasteiger partial charge is 0.444 e. The zero-order chi connectivity index (χ0) is 23.5. The number of hydrogen-bond donors (Lipinski definition) is 0. The third kappa shape index (κ3) is 20.3. The van der Waals surface area contributed by atoms with Crippen molar-refractivity contribution in [2.75, 3.05) is 13.1 Å². The number of ether oxygens (including phenoxy) is 1. The second-order valence-corrected chi connectivity index (χ2v) is 9.58. The van der Waals surface area contributed by atoms with Gasteiger partial charge in [0.1, 0.15) is 5.60 Å². The molecular formula is C26H57NO2. The van der Waals surface area contributed by atoms with Crippen LogP contribution in [0.2, 0.25) is 0 Å². The van der Waals surface area contributed by atoms with Crippen LogP contribution in [0.3, 0.4) is 0 Å². The van der Waals surface area contributed by atoms with E-state index in [1.54, 1.807) is 4.90 Å². The molecule has 1 aliphatic heterocycles. The lowest BCUT2D eigenvalue weighted by Crippen LogP contribution is -2.34. The first kappa shape index (κ1) is 32.9. The van der Waals surface area contributed by atoms with Crippen LogP contribution in [-0.4, -0.2) is 29.7 Å². The number of carbonyl (C=O) groups is 1. The summed E-state index contributed by atoms with van der Waals surface area (Å²) in [7, 11) is 0. The summed E-state index contributed by atoms with van der Waals surface area (Å²) < 4.78 is 5.21. The molecule has 1 atom stereocenters. The van der Waals surface area contributed by atoms with Gasteiger partial charge in [0, 0.05) is 13.1 Å². The van der Waals surface area contributed by atoms with Crippen molar-refractivity contribution in [2.24, 2.45) is 11.3 Å². The first-order chi connectivity index (χ1) is 13.4. The maximum Gasteiger partial charge on any atom is 0.410 e. The molecule has 1 saturated heterocycles. The summed E-state index contributed by atoms with van der Waals surface area (Å²) in [5.41, 5.74) is 0.199. The van der Waals surface area contributed by atoms with Gasteiger partial charge in [0.05, 0.1) is 0 Å². The van der Waals surface area contributed by atoms with Crippen LogP contribution < -0.4 is 0 Å². The topological polar surface area (TPSA) is 29.5 Å². The van der Waals surface area contributed by atoms with Gasteiger partial charge in [-0.25, -0.2) is 4.79 Å². The minimum Gasteiger partial charge on any atom is -0.444 e. The molecule has 0 N–H and O–H groups in total. The molecule has 0 aliphatic carbocycles. The van der Waals surface area contributed by atoms with Crippen molar-refractivity contribution in [3.8, 4) is 0 Å². The zero-order valence-corrected chi connectivity index (χ0v) is 22.4. The smallest absolute Gasteiger partial charge is 0.410 e. The van der Waals surface area contributed by atoms with Gasteiger partial charge < -0.3 is 9.64 Å². The van der Waals surface area contributed by atoms with E-state index in [0.29, 0.717) is 5.41 Å². The van der Waals surface area contributed by atoms with E-state index in [1.807, 2.05) is 34.6 Å². The molecule has 1 rings (SSSR count). The highest BCUT2D eigenvalue weighted by atomic mass is 16.6. The van der Waals surface area contributed by atoms with Crippen molar-refractivity contribution < 1.29 is 9.53 Å². The van der Waals surface area contributed by atoms with Gasteiger partial charge in [-0.2, -0.15) is 0 Å². The van der Waals surface area contributed by atoms with Crippen molar-refractivity contribution >= 4 is 6.09 Å². The number of carbonyl (C=O) groups excluding carboxylic acids is 1. The lowest BCUT2D eigenvalue weighted by molar-refractivity contribution is 0.0295. The average Bonchev–Trinajstić information content (AvgIpc) is 3.21. The monoisotopic (exact) mass is 415 g/mol. The van der Waals surface area contributed by atoms with Crippen molar-refractivity contribution in [3.63, 3.8) is 0 Å². The minimum absolute atomic E-state index is 0.167. The molecular weight excluding hydrogens is 358 g/mol. The van der Waals surface area contributed by atoms with Gasteiger partial charge in [-0.3, -0.25) is 0 Å². The van der Waals surface area contributed by atoms with Crippen LogP contribution in [-0.2, 0) is 4.74 Å². The molecule has 0 aromatic carbocycles. The van der Waals surface area contributed by atoms with Crippen LogP contribution in [0.1, 0.15) is 134 Å². The fraction of sp³-hybridized carbons (Fsp3) is 0.962. The third-order valence-corrected chi connectivity index (χ3v) is 5.38. The van der Waals surface area contributed by atoms with Gasteiger partial charge in [0.25, 0.3) is 0 Å². The summed E-state index contributed by atoms with van der Waals surface area (Å²) in [6, 6.07) is 0. The molecule has 0 aromatic rings. The highest BCUT2D eigenvalue weighted by Gasteiger charge is 2.24. The van der Waals surface area contributed by atoms with Crippen LogP contribution in [0.4, 0.5) is 4.79 Å². The fourth-order valence-corrected chi connectivity index (χ4v) is 2.66. The molecule has 1 unspecified atom stereocenters. The van der Waals surface area contributed by atoms with Gasteiger partial charge in [0.15, 0.2) is 0 Å². The Kier molecular flexibility index (Phi) is 21.8. The van der Waals surface area contributed by atoms with E-state index in [0.717, 1.165) is 31.8 Å².